The molecule has 144 valence electrons. The molecule has 2 saturated heterocycles. The van der Waals surface area contributed by atoms with Crippen LogP contribution >= 0.6 is 0 Å². The number of carbonyl (C=O) groups excluding carboxylic acids is 1. The van der Waals surface area contributed by atoms with E-state index in [1.807, 2.05) is 11.8 Å². The monoisotopic (exact) mass is 371 g/mol. The summed E-state index contributed by atoms with van der Waals surface area (Å²) in [4.78, 5) is 14.6. The number of likely N-dealkylation sites (tertiary alicyclic amines) is 1. The molecule has 3 aliphatic rings. The van der Waals surface area contributed by atoms with Crippen LogP contribution in [0, 0.1) is 5.92 Å². The average molecular weight is 372 g/mol. The van der Waals surface area contributed by atoms with Gasteiger partial charge in [-0.1, -0.05) is 19.8 Å². The first-order chi connectivity index (χ1) is 12.0. The molecule has 0 bridgehead atoms. The molecule has 1 N–H and O–H groups in total. The van der Waals surface area contributed by atoms with Crippen LogP contribution in [0.1, 0.15) is 58.3 Å². The number of nitrogens with one attached hydrogen (secondary N) is 1. The third-order valence-electron chi connectivity index (χ3n) is 6.03. The van der Waals surface area contributed by atoms with Gasteiger partial charge in [-0.25, -0.2) is 8.42 Å². The third-order valence-corrected chi connectivity index (χ3v) is 8.39. The smallest absolute Gasteiger partial charge is 0.225 e. The minimum absolute atomic E-state index is 0.0749. The van der Waals surface area contributed by atoms with Gasteiger partial charge in [-0.05, 0) is 45.1 Å². The summed E-state index contributed by atoms with van der Waals surface area (Å²) in [7, 11) is -3.36. The molecule has 3 rings (SSSR count). The van der Waals surface area contributed by atoms with Gasteiger partial charge in [0.05, 0.1) is 5.25 Å². The lowest BCUT2D eigenvalue weighted by molar-refractivity contribution is -0.136. The molecule has 25 heavy (non-hydrogen) atoms. The summed E-state index contributed by atoms with van der Waals surface area (Å²) in [5.74, 6) is 0.328. The molecule has 0 radical (unpaired) electrons. The van der Waals surface area contributed by atoms with Gasteiger partial charge >= 0.3 is 0 Å². The Morgan fingerprint density at radius 1 is 1.16 bits per heavy atom. The Balaban J connectivity index is 1.70. The van der Waals surface area contributed by atoms with E-state index in [2.05, 4.69) is 5.32 Å². The van der Waals surface area contributed by atoms with Gasteiger partial charge in [0, 0.05) is 38.1 Å². The van der Waals surface area contributed by atoms with Crippen LogP contribution in [0.4, 0.5) is 0 Å². The minimum Gasteiger partial charge on any atom is -0.341 e. The molecule has 0 aromatic carbocycles. The number of sulfonamides is 1. The highest BCUT2D eigenvalue weighted by atomic mass is 32.2. The fourth-order valence-corrected chi connectivity index (χ4v) is 6.88. The van der Waals surface area contributed by atoms with E-state index in [0.717, 1.165) is 64.6 Å². The molecule has 2 heterocycles. The highest BCUT2D eigenvalue weighted by Gasteiger charge is 2.40. The van der Waals surface area contributed by atoms with Crippen LogP contribution in [0.3, 0.4) is 0 Å². The second-order valence-electron chi connectivity index (χ2n) is 7.83. The predicted molar refractivity (Wildman–Crippen MR) is 98.8 cm³/mol. The SMILES string of the molecule is CCCN(C1CCNC1)S(=O)(=O)C1CCCN(C(=O)C2CCCC2)C1. The van der Waals surface area contributed by atoms with E-state index in [-0.39, 0.29) is 17.9 Å². The Bertz CT molecular complexity index is 554. The number of amides is 1. The number of hydrogen-bond donors (Lipinski definition) is 1. The summed E-state index contributed by atoms with van der Waals surface area (Å²) in [6, 6.07) is 0.0749. The van der Waals surface area contributed by atoms with E-state index >= 15 is 0 Å². The summed E-state index contributed by atoms with van der Waals surface area (Å²) >= 11 is 0. The molecular formula is C18H33N3O3S. The van der Waals surface area contributed by atoms with Crippen LogP contribution in [-0.2, 0) is 14.8 Å². The lowest BCUT2D eigenvalue weighted by atomic mass is 10.0. The third kappa shape index (κ3) is 4.19. The lowest BCUT2D eigenvalue weighted by Gasteiger charge is -2.38. The van der Waals surface area contributed by atoms with Crippen molar-refractivity contribution in [1.82, 2.24) is 14.5 Å². The Labute approximate surface area is 152 Å². The van der Waals surface area contributed by atoms with E-state index in [1.54, 1.807) is 4.31 Å². The van der Waals surface area contributed by atoms with E-state index in [0.29, 0.717) is 19.5 Å². The summed E-state index contributed by atoms with van der Waals surface area (Å²) in [5, 5.41) is 2.85. The molecule has 2 atom stereocenters. The summed E-state index contributed by atoms with van der Waals surface area (Å²) in [6.45, 7) is 5.36. The van der Waals surface area contributed by atoms with Crippen LogP contribution in [0.15, 0.2) is 0 Å². The molecule has 0 spiro atoms. The number of rotatable bonds is 6. The molecule has 6 nitrogen and oxygen atoms in total. The molecule has 0 aromatic rings. The predicted octanol–water partition coefficient (Wildman–Crippen LogP) is 1.57. The van der Waals surface area contributed by atoms with E-state index in [4.69, 9.17) is 0 Å². The van der Waals surface area contributed by atoms with E-state index in [1.165, 1.54) is 0 Å². The van der Waals surface area contributed by atoms with E-state index in [9.17, 15) is 13.2 Å². The Morgan fingerprint density at radius 2 is 1.92 bits per heavy atom. The molecule has 2 aliphatic heterocycles. The van der Waals surface area contributed by atoms with Gasteiger partial charge in [0.2, 0.25) is 15.9 Å². The maximum atomic E-state index is 13.3. The van der Waals surface area contributed by atoms with Crippen molar-refractivity contribution in [2.45, 2.75) is 69.6 Å². The summed E-state index contributed by atoms with van der Waals surface area (Å²) in [6.07, 6.45) is 7.40. The summed E-state index contributed by atoms with van der Waals surface area (Å²) in [5.41, 5.74) is 0. The topological polar surface area (TPSA) is 69.7 Å². The van der Waals surface area contributed by atoms with Gasteiger partial charge in [-0.2, -0.15) is 4.31 Å². The van der Waals surface area contributed by atoms with Crippen molar-refractivity contribution >= 4 is 15.9 Å². The van der Waals surface area contributed by atoms with Crippen molar-refractivity contribution in [2.24, 2.45) is 5.92 Å². The molecule has 2 unspecified atom stereocenters. The zero-order valence-corrected chi connectivity index (χ0v) is 16.3. The fourth-order valence-electron chi connectivity index (χ4n) is 4.63. The second-order valence-corrected chi connectivity index (χ2v) is 10.00. The Kier molecular flexibility index (Phi) is 6.39. The van der Waals surface area contributed by atoms with Gasteiger partial charge in [0.15, 0.2) is 0 Å². The van der Waals surface area contributed by atoms with Crippen molar-refractivity contribution in [3.8, 4) is 0 Å². The van der Waals surface area contributed by atoms with Crippen molar-refractivity contribution in [3.63, 3.8) is 0 Å². The number of hydrogen-bond acceptors (Lipinski definition) is 4. The first kappa shape index (κ1) is 19.1. The largest absolute Gasteiger partial charge is 0.341 e. The molecule has 1 saturated carbocycles. The molecule has 1 amide bonds. The molecule has 3 fully saturated rings. The average Bonchev–Trinajstić information content (AvgIpc) is 3.32. The van der Waals surface area contributed by atoms with Crippen molar-refractivity contribution in [3.05, 3.63) is 0 Å². The maximum Gasteiger partial charge on any atom is 0.225 e. The van der Waals surface area contributed by atoms with Crippen LogP contribution < -0.4 is 5.32 Å². The van der Waals surface area contributed by atoms with Gasteiger partial charge in [0.25, 0.3) is 0 Å². The fraction of sp³-hybridized carbons (Fsp3) is 0.944. The van der Waals surface area contributed by atoms with Gasteiger partial charge in [-0.3, -0.25) is 4.79 Å². The minimum atomic E-state index is -3.36. The standard InChI is InChI=1S/C18H33N3O3S/c1-2-11-21(16-9-10-19-13-16)25(23,24)17-8-5-12-20(14-17)18(22)15-6-3-4-7-15/h15-17,19H,2-14H2,1H3. The van der Waals surface area contributed by atoms with Gasteiger partial charge < -0.3 is 10.2 Å². The van der Waals surface area contributed by atoms with E-state index < -0.39 is 15.3 Å². The van der Waals surface area contributed by atoms with Crippen LogP contribution in [0.5, 0.6) is 0 Å². The number of nitrogens with zero attached hydrogens (tertiary/aromatic N) is 2. The molecular weight excluding hydrogens is 338 g/mol. The zero-order valence-electron chi connectivity index (χ0n) is 15.5. The first-order valence-corrected chi connectivity index (χ1v) is 11.5. The Hall–Kier alpha value is -0.660. The molecule has 0 aromatic heterocycles. The Morgan fingerprint density at radius 3 is 2.56 bits per heavy atom. The van der Waals surface area contributed by atoms with Crippen LogP contribution in [0.2, 0.25) is 0 Å². The number of carbonyl (C=O) groups is 1. The van der Waals surface area contributed by atoms with Crippen molar-refractivity contribution in [2.75, 3.05) is 32.7 Å². The zero-order chi connectivity index (χ0) is 17.9. The first-order valence-electron chi connectivity index (χ1n) is 10.0. The number of piperidine rings is 1. The quantitative estimate of drug-likeness (QED) is 0.769. The lowest BCUT2D eigenvalue weighted by Crippen LogP contribution is -2.53. The van der Waals surface area contributed by atoms with Gasteiger partial charge in [-0.15, -0.1) is 0 Å². The van der Waals surface area contributed by atoms with Crippen molar-refractivity contribution in [1.29, 1.82) is 0 Å². The van der Waals surface area contributed by atoms with Gasteiger partial charge in [0.1, 0.15) is 0 Å². The molecule has 1 aliphatic carbocycles. The van der Waals surface area contributed by atoms with Crippen LogP contribution in [0.25, 0.3) is 0 Å². The van der Waals surface area contributed by atoms with Crippen molar-refractivity contribution < 1.29 is 13.2 Å². The van der Waals surface area contributed by atoms with Crippen LogP contribution in [-0.4, -0.2) is 67.5 Å². The second kappa shape index (κ2) is 8.35. The highest BCUT2D eigenvalue weighted by molar-refractivity contribution is 7.89. The molecule has 7 heteroatoms. The normalized spacial score (nSPS) is 28.8. The maximum absolute atomic E-state index is 13.3. The highest BCUT2D eigenvalue weighted by Crippen LogP contribution is 2.29. The summed E-state index contributed by atoms with van der Waals surface area (Å²) < 4.78 is 28.4.